The number of amides is 2. The Bertz CT molecular complexity index is 343. The third-order valence-corrected chi connectivity index (χ3v) is 3.80. The van der Waals surface area contributed by atoms with Gasteiger partial charge in [-0.05, 0) is 19.3 Å². The molecule has 0 aromatic carbocycles. The van der Waals surface area contributed by atoms with E-state index in [2.05, 4.69) is 0 Å². The maximum absolute atomic E-state index is 12.2. The lowest BCUT2D eigenvalue weighted by atomic mass is 9.96. The van der Waals surface area contributed by atoms with Crippen molar-refractivity contribution in [3.63, 3.8) is 0 Å². The summed E-state index contributed by atoms with van der Waals surface area (Å²) >= 11 is 0. The molecule has 102 valence electrons. The quantitative estimate of drug-likeness (QED) is 0.706. The molecule has 0 aliphatic carbocycles. The standard InChI is InChI=1S/C13H22N2O3/c1-9(2)12(16)18-11-8-10-6-4-5-7-15(10)13(17)14(11)3/h9-11H,4-8H2,1-3H3. The lowest BCUT2D eigenvalue weighted by Crippen LogP contribution is -2.59. The first-order valence-corrected chi connectivity index (χ1v) is 6.74. The summed E-state index contributed by atoms with van der Waals surface area (Å²) in [6.45, 7) is 4.44. The number of carbonyl (C=O) groups is 2. The number of hydrogen-bond donors (Lipinski definition) is 0. The summed E-state index contributed by atoms with van der Waals surface area (Å²) in [4.78, 5) is 27.3. The number of ether oxygens (including phenoxy) is 1. The number of piperidine rings is 1. The second kappa shape index (κ2) is 5.16. The SMILES string of the molecule is CC(C)C(=O)OC1CC2CCCCN2C(=O)N1C. The molecule has 0 radical (unpaired) electrons. The van der Waals surface area contributed by atoms with Gasteiger partial charge < -0.3 is 9.64 Å². The first kappa shape index (κ1) is 13.2. The van der Waals surface area contributed by atoms with Crippen LogP contribution >= 0.6 is 0 Å². The summed E-state index contributed by atoms with van der Waals surface area (Å²) in [7, 11) is 1.71. The molecule has 2 atom stereocenters. The maximum atomic E-state index is 12.2. The highest BCUT2D eigenvalue weighted by Gasteiger charge is 2.40. The Morgan fingerprint density at radius 3 is 2.78 bits per heavy atom. The molecule has 0 spiro atoms. The normalized spacial score (nSPS) is 28.3. The molecule has 2 saturated heterocycles. The van der Waals surface area contributed by atoms with E-state index in [1.165, 1.54) is 0 Å². The fourth-order valence-corrected chi connectivity index (χ4v) is 2.61. The van der Waals surface area contributed by atoms with Gasteiger partial charge in [-0.3, -0.25) is 9.69 Å². The summed E-state index contributed by atoms with van der Waals surface area (Å²) in [5.41, 5.74) is 0. The number of rotatable bonds is 2. The smallest absolute Gasteiger partial charge is 0.322 e. The Balaban J connectivity index is 2.04. The summed E-state index contributed by atoms with van der Waals surface area (Å²) < 4.78 is 5.42. The van der Waals surface area contributed by atoms with Crippen LogP contribution in [0.4, 0.5) is 4.79 Å². The monoisotopic (exact) mass is 254 g/mol. The van der Waals surface area contributed by atoms with Crippen LogP contribution < -0.4 is 0 Å². The highest BCUT2D eigenvalue weighted by Crippen LogP contribution is 2.29. The Labute approximate surface area is 108 Å². The molecule has 2 amide bonds. The van der Waals surface area contributed by atoms with Gasteiger partial charge >= 0.3 is 12.0 Å². The molecule has 0 N–H and O–H groups in total. The second-order valence-corrected chi connectivity index (χ2v) is 5.52. The van der Waals surface area contributed by atoms with Crippen molar-refractivity contribution in [2.45, 2.75) is 51.8 Å². The van der Waals surface area contributed by atoms with Gasteiger partial charge in [-0.15, -0.1) is 0 Å². The van der Waals surface area contributed by atoms with Crippen LogP contribution in [-0.4, -0.2) is 47.7 Å². The number of carbonyl (C=O) groups excluding carboxylic acids is 2. The van der Waals surface area contributed by atoms with Crippen LogP contribution in [0.5, 0.6) is 0 Å². The van der Waals surface area contributed by atoms with E-state index >= 15 is 0 Å². The van der Waals surface area contributed by atoms with Crippen molar-refractivity contribution in [1.29, 1.82) is 0 Å². The van der Waals surface area contributed by atoms with Gasteiger partial charge in [0.25, 0.3) is 0 Å². The molecular formula is C13H22N2O3. The van der Waals surface area contributed by atoms with Gasteiger partial charge in [-0.25, -0.2) is 4.79 Å². The van der Waals surface area contributed by atoms with E-state index in [0.717, 1.165) is 32.2 Å². The van der Waals surface area contributed by atoms with Crippen molar-refractivity contribution in [3.8, 4) is 0 Å². The third kappa shape index (κ3) is 2.44. The average Bonchev–Trinajstić information content (AvgIpc) is 2.35. The minimum absolute atomic E-state index is 0.00694. The highest BCUT2D eigenvalue weighted by atomic mass is 16.6. The van der Waals surface area contributed by atoms with E-state index in [1.807, 2.05) is 4.90 Å². The van der Waals surface area contributed by atoms with Crippen LogP contribution in [0.2, 0.25) is 0 Å². The van der Waals surface area contributed by atoms with Gasteiger partial charge in [-0.1, -0.05) is 13.8 Å². The zero-order valence-electron chi connectivity index (χ0n) is 11.4. The van der Waals surface area contributed by atoms with Gasteiger partial charge in [0.05, 0.1) is 5.92 Å². The van der Waals surface area contributed by atoms with Gasteiger partial charge in [0.15, 0.2) is 6.23 Å². The lowest BCUT2D eigenvalue weighted by Gasteiger charge is -2.46. The van der Waals surface area contributed by atoms with Crippen molar-refractivity contribution in [1.82, 2.24) is 9.80 Å². The molecule has 0 saturated carbocycles. The minimum atomic E-state index is -0.397. The van der Waals surface area contributed by atoms with Gasteiger partial charge in [0.1, 0.15) is 0 Å². The van der Waals surface area contributed by atoms with Crippen LogP contribution in [0.15, 0.2) is 0 Å². The third-order valence-electron chi connectivity index (χ3n) is 3.80. The van der Waals surface area contributed by atoms with Gasteiger partial charge in [0.2, 0.25) is 0 Å². The van der Waals surface area contributed by atoms with Crippen molar-refractivity contribution in [2.24, 2.45) is 5.92 Å². The molecule has 5 heteroatoms. The van der Waals surface area contributed by atoms with Crippen molar-refractivity contribution in [3.05, 3.63) is 0 Å². The van der Waals surface area contributed by atoms with E-state index in [1.54, 1.807) is 25.8 Å². The van der Waals surface area contributed by atoms with Crippen LogP contribution in [0.3, 0.4) is 0 Å². The minimum Gasteiger partial charge on any atom is -0.441 e. The Morgan fingerprint density at radius 2 is 2.11 bits per heavy atom. The van der Waals surface area contributed by atoms with Crippen LogP contribution in [-0.2, 0) is 9.53 Å². The predicted octanol–water partition coefficient (Wildman–Crippen LogP) is 1.82. The molecule has 0 bridgehead atoms. The predicted molar refractivity (Wildman–Crippen MR) is 66.8 cm³/mol. The van der Waals surface area contributed by atoms with E-state index in [4.69, 9.17) is 4.74 Å². The van der Waals surface area contributed by atoms with Crippen LogP contribution in [0.25, 0.3) is 0 Å². The number of esters is 1. The Morgan fingerprint density at radius 1 is 1.39 bits per heavy atom. The number of urea groups is 1. The largest absolute Gasteiger partial charge is 0.441 e. The van der Waals surface area contributed by atoms with Crippen molar-refractivity contribution >= 4 is 12.0 Å². The molecule has 2 unspecified atom stereocenters. The highest BCUT2D eigenvalue weighted by molar-refractivity contribution is 5.77. The topological polar surface area (TPSA) is 49.9 Å². The van der Waals surface area contributed by atoms with Gasteiger partial charge in [0, 0.05) is 26.1 Å². The van der Waals surface area contributed by atoms with E-state index in [-0.39, 0.29) is 24.0 Å². The zero-order valence-corrected chi connectivity index (χ0v) is 11.4. The molecule has 18 heavy (non-hydrogen) atoms. The molecule has 2 fully saturated rings. The number of nitrogens with zero attached hydrogens (tertiary/aromatic N) is 2. The first-order valence-electron chi connectivity index (χ1n) is 6.74. The zero-order chi connectivity index (χ0) is 13.3. The maximum Gasteiger partial charge on any atom is 0.322 e. The average molecular weight is 254 g/mol. The summed E-state index contributed by atoms with van der Waals surface area (Å²) in [6, 6.07) is 0.236. The fourth-order valence-electron chi connectivity index (χ4n) is 2.61. The molecule has 2 heterocycles. The van der Waals surface area contributed by atoms with Crippen molar-refractivity contribution in [2.75, 3.05) is 13.6 Å². The Kier molecular flexibility index (Phi) is 3.78. The lowest BCUT2D eigenvalue weighted by molar-refractivity contribution is -0.164. The number of hydrogen-bond acceptors (Lipinski definition) is 3. The molecular weight excluding hydrogens is 232 g/mol. The summed E-state index contributed by atoms with van der Waals surface area (Å²) in [5, 5.41) is 0. The number of fused-ring (bicyclic) bond motifs is 1. The van der Waals surface area contributed by atoms with Gasteiger partial charge in [-0.2, -0.15) is 0 Å². The van der Waals surface area contributed by atoms with E-state index in [0.29, 0.717) is 0 Å². The second-order valence-electron chi connectivity index (χ2n) is 5.52. The molecule has 2 aliphatic heterocycles. The molecule has 5 nitrogen and oxygen atoms in total. The summed E-state index contributed by atoms with van der Waals surface area (Å²) in [5.74, 6) is -0.387. The molecule has 0 aromatic rings. The Hall–Kier alpha value is -1.26. The first-order chi connectivity index (χ1) is 8.50. The molecule has 2 rings (SSSR count). The van der Waals surface area contributed by atoms with E-state index < -0.39 is 6.23 Å². The van der Waals surface area contributed by atoms with Crippen LogP contribution in [0.1, 0.15) is 39.5 Å². The fraction of sp³-hybridized carbons (Fsp3) is 0.846. The molecule has 0 aromatic heterocycles. The van der Waals surface area contributed by atoms with Crippen LogP contribution in [0, 0.1) is 5.92 Å². The van der Waals surface area contributed by atoms with E-state index in [9.17, 15) is 9.59 Å². The van der Waals surface area contributed by atoms with Crippen molar-refractivity contribution < 1.29 is 14.3 Å². The summed E-state index contributed by atoms with van der Waals surface area (Å²) in [6.07, 6.45) is 3.60. The molecule has 2 aliphatic rings.